The van der Waals surface area contributed by atoms with Crippen LogP contribution >= 0.6 is 0 Å². The van der Waals surface area contributed by atoms with Gasteiger partial charge in [-0.3, -0.25) is 4.79 Å². The van der Waals surface area contributed by atoms with Crippen molar-refractivity contribution in [1.29, 1.82) is 0 Å². The van der Waals surface area contributed by atoms with Gasteiger partial charge in [-0.1, -0.05) is 6.07 Å². The predicted octanol–water partition coefficient (Wildman–Crippen LogP) is 2.61. The van der Waals surface area contributed by atoms with Gasteiger partial charge in [-0.25, -0.2) is 0 Å². The number of carbonyl (C=O) groups excluding carboxylic acids is 1. The Balaban J connectivity index is 1.80. The minimum absolute atomic E-state index is 0.00329. The molecular weight excluding hydrogens is 262 g/mol. The molecule has 1 aromatic carbocycles. The number of H-pyrrole nitrogens is 1. The number of aromatic nitrogens is 1. The highest BCUT2D eigenvalue weighted by molar-refractivity contribution is 5.99. The molecule has 1 aromatic heterocycles. The van der Waals surface area contributed by atoms with Crippen LogP contribution in [-0.4, -0.2) is 42.0 Å². The zero-order valence-electron chi connectivity index (χ0n) is 13.0. The normalized spacial score (nSPS) is 19.9. The molecule has 4 heteroatoms. The van der Waals surface area contributed by atoms with Gasteiger partial charge in [0.05, 0.1) is 0 Å². The molecule has 21 heavy (non-hydrogen) atoms. The summed E-state index contributed by atoms with van der Waals surface area (Å²) in [5, 5.41) is 4.28. The number of amides is 1. The molecule has 0 bridgehead atoms. The van der Waals surface area contributed by atoms with Gasteiger partial charge in [0.25, 0.3) is 5.91 Å². The zero-order valence-corrected chi connectivity index (χ0v) is 13.0. The van der Waals surface area contributed by atoms with Gasteiger partial charge in [0.2, 0.25) is 0 Å². The molecule has 1 aliphatic rings. The van der Waals surface area contributed by atoms with E-state index in [0.29, 0.717) is 5.69 Å². The number of piperidine rings is 1. The lowest BCUT2D eigenvalue weighted by atomic mass is 10.1. The summed E-state index contributed by atoms with van der Waals surface area (Å²) < 4.78 is 0. The molecule has 0 saturated carbocycles. The van der Waals surface area contributed by atoms with E-state index >= 15 is 0 Å². The van der Waals surface area contributed by atoms with E-state index in [9.17, 15) is 4.79 Å². The van der Waals surface area contributed by atoms with E-state index in [1.165, 1.54) is 11.1 Å². The van der Waals surface area contributed by atoms with E-state index in [0.717, 1.165) is 36.8 Å². The van der Waals surface area contributed by atoms with Crippen LogP contribution < -0.4 is 5.32 Å². The van der Waals surface area contributed by atoms with E-state index in [-0.39, 0.29) is 11.9 Å². The van der Waals surface area contributed by atoms with Crippen LogP contribution in [0.15, 0.2) is 18.2 Å². The minimum atomic E-state index is 0.00329. The first-order valence-electron chi connectivity index (χ1n) is 7.62. The lowest BCUT2D eigenvalue weighted by Gasteiger charge is -2.30. The monoisotopic (exact) mass is 285 g/mol. The van der Waals surface area contributed by atoms with E-state index in [1.54, 1.807) is 0 Å². The maximum Gasteiger partial charge on any atom is 0.267 e. The van der Waals surface area contributed by atoms with E-state index in [2.05, 4.69) is 48.2 Å². The van der Waals surface area contributed by atoms with Crippen molar-refractivity contribution in [2.75, 3.05) is 20.1 Å². The molecule has 0 aliphatic carbocycles. The standard InChI is InChI=1S/C17H23N3O/c1-11-7-12(2)14-9-16(19-15(14)8-11)17(21)18-13-5-4-6-20(3)10-13/h7-9,13,19H,4-6,10H2,1-3H3,(H,18,21). The van der Waals surface area contributed by atoms with Gasteiger partial charge < -0.3 is 15.2 Å². The number of nitrogens with zero attached hydrogens (tertiary/aromatic N) is 1. The van der Waals surface area contributed by atoms with Crippen LogP contribution in [0.25, 0.3) is 10.9 Å². The Morgan fingerprint density at radius 2 is 2.14 bits per heavy atom. The largest absolute Gasteiger partial charge is 0.351 e. The number of aromatic amines is 1. The Morgan fingerprint density at radius 1 is 1.33 bits per heavy atom. The number of hydrogen-bond donors (Lipinski definition) is 2. The van der Waals surface area contributed by atoms with Crippen molar-refractivity contribution in [1.82, 2.24) is 15.2 Å². The number of likely N-dealkylation sites (N-methyl/N-ethyl adjacent to an activating group) is 1. The van der Waals surface area contributed by atoms with Crippen molar-refractivity contribution < 1.29 is 4.79 Å². The number of rotatable bonds is 2. The maximum atomic E-state index is 12.4. The molecule has 1 atom stereocenters. The van der Waals surface area contributed by atoms with Gasteiger partial charge in [-0.2, -0.15) is 0 Å². The summed E-state index contributed by atoms with van der Waals surface area (Å²) in [5.41, 5.74) is 4.12. The second-order valence-electron chi connectivity index (χ2n) is 6.30. The zero-order chi connectivity index (χ0) is 15.0. The maximum absolute atomic E-state index is 12.4. The van der Waals surface area contributed by atoms with Crippen LogP contribution in [0.1, 0.15) is 34.5 Å². The average Bonchev–Trinajstić information content (AvgIpc) is 2.83. The summed E-state index contributed by atoms with van der Waals surface area (Å²) in [7, 11) is 2.10. The van der Waals surface area contributed by atoms with Crippen molar-refractivity contribution >= 4 is 16.8 Å². The van der Waals surface area contributed by atoms with E-state index in [1.807, 2.05) is 6.07 Å². The third kappa shape index (κ3) is 2.95. The van der Waals surface area contributed by atoms with Crippen molar-refractivity contribution in [2.24, 2.45) is 0 Å². The second-order valence-corrected chi connectivity index (χ2v) is 6.30. The van der Waals surface area contributed by atoms with Gasteiger partial charge in [-0.15, -0.1) is 0 Å². The fourth-order valence-electron chi connectivity index (χ4n) is 3.27. The molecule has 1 amide bonds. The molecular formula is C17H23N3O. The molecule has 1 saturated heterocycles. The molecule has 2 aromatic rings. The molecule has 1 unspecified atom stereocenters. The summed E-state index contributed by atoms with van der Waals surface area (Å²) in [5.74, 6) is 0.00329. The summed E-state index contributed by atoms with van der Waals surface area (Å²) in [6.07, 6.45) is 2.21. The van der Waals surface area contributed by atoms with E-state index < -0.39 is 0 Å². The van der Waals surface area contributed by atoms with Crippen molar-refractivity contribution in [3.05, 3.63) is 35.0 Å². The third-order valence-corrected chi connectivity index (χ3v) is 4.29. The number of benzene rings is 1. The fourth-order valence-corrected chi connectivity index (χ4v) is 3.27. The molecule has 0 spiro atoms. The Bertz CT molecular complexity index is 674. The van der Waals surface area contributed by atoms with Crippen LogP contribution in [0.2, 0.25) is 0 Å². The lowest BCUT2D eigenvalue weighted by molar-refractivity contribution is 0.0908. The number of nitrogens with one attached hydrogen (secondary N) is 2. The van der Waals surface area contributed by atoms with Crippen molar-refractivity contribution in [3.63, 3.8) is 0 Å². The first kappa shape index (κ1) is 14.1. The third-order valence-electron chi connectivity index (χ3n) is 4.29. The number of fused-ring (bicyclic) bond motifs is 1. The quantitative estimate of drug-likeness (QED) is 0.891. The molecule has 1 fully saturated rings. The molecule has 2 N–H and O–H groups in total. The van der Waals surface area contributed by atoms with Crippen molar-refractivity contribution in [2.45, 2.75) is 32.7 Å². The summed E-state index contributed by atoms with van der Waals surface area (Å²) in [6.45, 7) is 6.22. The second kappa shape index (κ2) is 5.53. The molecule has 0 radical (unpaired) electrons. The van der Waals surface area contributed by atoms with Crippen LogP contribution in [-0.2, 0) is 0 Å². The van der Waals surface area contributed by atoms with Crippen molar-refractivity contribution in [3.8, 4) is 0 Å². The van der Waals surface area contributed by atoms with E-state index in [4.69, 9.17) is 0 Å². The Morgan fingerprint density at radius 3 is 2.90 bits per heavy atom. The number of carbonyl (C=O) groups is 1. The van der Waals surface area contributed by atoms with Gasteiger partial charge in [0, 0.05) is 23.5 Å². The predicted molar refractivity (Wildman–Crippen MR) is 85.8 cm³/mol. The average molecular weight is 285 g/mol. The highest BCUT2D eigenvalue weighted by Crippen LogP contribution is 2.21. The smallest absolute Gasteiger partial charge is 0.267 e. The minimum Gasteiger partial charge on any atom is -0.351 e. The number of aryl methyl sites for hydroxylation is 2. The number of hydrogen-bond acceptors (Lipinski definition) is 2. The lowest BCUT2D eigenvalue weighted by Crippen LogP contribution is -2.46. The summed E-state index contributed by atoms with van der Waals surface area (Å²) in [6, 6.07) is 6.46. The topological polar surface area (TPSA) is 48.1 Å². The fraction of sp³-hybridized carbons (Fsp3) is 0.471. The summed E-state index contributed by atoms with van der Waals surface area (Å²) >= 11 is 0. The first-order valence-corrected chi connectivity index (χ1v) is 7.62. The Kier molecular flexibility index (Phi) is 3.72. The Labute approximate surface area is 125 Å². The number of likely N-dealkylation sites (tertiary alicyclic amines) is 1. The highest BCUT2D eigenvalue weighted by atomic mass is 16.1. The molecule has 112 valence electrons. The summed E-state index contributed by atoms with van der Waals surface area (Å²) in [4.78, 5) is 17.9. The van der Waals surface area contributed by atoms with Gasteiger partial charge >= 0.3 is 0 Å². The van der Waals surface area contributed by atoms with Crippen LogP contribution in [0.3, 0.4) is 0 Å². The van der Waals surface area contributed by atoms with Crippen LogP contribution in [0.5, 0.6) is 0 Å². The molecule has 1 aliphatic heterocycles. The molecule has 2 heterocycles. The first-order chi connectivity index (χ1) is 10.0. The molecule has 3 rings (SSSR count). The van der Waals surface area contributed by atoms with Gasteiger partial charge in [-0.05, 0) is 63.5 Å². The van der Waals surface area contributed by atoms with Gasteiger partial charge in [0.15, 0.2) is 0 Å². The van der Waals surface area contributed by atoms with Gasteiger partial charge in [0.1, 0.15) is 5.69 Å². The SMILES string of the molecule is Cc1cc(C)c2cc(C(=O)NC3CCCN(C)C3)[nH]c2c1. The Hall–Kier alpha value is -1.81. The molecule has 4 nitrogen and oxygen atoms in total. The highest BCUT2D eigenvalue weighted by Gasteiger charge is 2.20. The van der Waals surface area contributed by atoms with Crippen LogP contribution in [0, 0.1) is 13.8 Å². The van der Waals surface area contributed by atoms with Crippen LogP contribution in [0.4, 0.5) is 0 Å².